The third kappa shape index (κ3) is 5.07. The molecule has 0 spiro atoms. The van der Waals surface area contributed by atoms with E-state index in [4.69, 9.17) is 10.5 Å². The van der Waals surface area contributed by atoms with Crippen LogP contribution >= 0.6 is 0 Å². The Labute approximate surface area is 65.6 Å². The maximum Gasteiger partial charge on any atom is 0.143 e. The van der Waals surface area contributed by atoms with Crippen molar-refractivity contribution >= 4 is 5.78 Å². The minimum Gasteiger partial charge on any atom is -0.299 e. The normalized spacial score (nSPS) is 8.73. The van der Waals surface area contributed by atoms with Gasteiger partial charge in [0.05, 0.1) is 31.8 Å². The van der Waals surface area contributed by atoms with Crippen molar-refractivity contribution in [3.63, 3.8) is 0 Å². The number of Topliss-reactive ketones (excluding diaryl/α,β-unsaturated/α-hetero) is 1. The van der Waals surface area contributed by atoms with Gasteiger partial charge < -0.3 is 0 Å². The van der Waals surface area contributed by atoms with Crippen molar-refractivity contribution in [1.82, 2.24) is 4.90 Å². The second-order valence-electron chi connectivity index (χ2n) is 2.16. The number of rotatable bonds is 4. The highest BCUT2D eigenvalue weighted by atomic mass is 16.1. The Morgan fingerprint density at radius 2 is 1.82 bits per heavy atom. The zero-order valence-electron chi connectivity index (χ0n) is 6.37. The van der Waals surface area contributed by atoms with Gasteiger partial charge in [-0.3, -0.25) is 9.69 Å². The summed E-state index contributed by atoms with van der Waals surface area (Å²) < 4.78 is 0. The molecule has 0 saturated heterocycles. The highest BCUT2D eigenvalue weighted by molar-refractivity contribution is 5.77. The molecule has 0 aromatic heterocycles. The van der Waals surface area contributed by atoms with Gasteiger partial charge in [0, 0.05) is 0 Å². The van der Waals surface area contributed by atoms with E-state index in [0.717, 1.165) is 0 Å². The van der Waals surface area contributed by atoms with Crippen molar-refractivity contribution in [2.75, 3.05) is 19.6 Å². The van der Waals surface area contributed by atoms with Crippen LogP contribution in [-0.2, 0) is 4.79 Å². The third-order valence-electron chi connectivity index (χ3n) is 1.03. The molecule has 0 aliphatic rings. The lowest BCUT2D eigenvalue weighted by Crippen LogP contribution is -2.29. The maximum absolute atomic E-state index is 10.5. The fourth-order valence-corrected chi connectivity index (χ4v) is 0.683. The Kier molecular flexibility index (Phi) is 4.72. The minimum atomic E-state index is -0.0319. The fourth-order valence-electron chi connectivity index (χ4n) is 0.683. The van der Waals surface area contributed by atoms with Crippen LogP contribution in [0.2, 0.25) is 0 Å². The van der Waals surface area contributed by atoms with Crippen LogP contribution in [0.15, 0.2) is 0 Å². The first-order valence-corrected chi connectivity index (χ1v) is 3.16. The monoisotopic (exact) mass is 151 g/mol. The SMILES string of the molecule is CC(=O)CN(CC#N)CC#N. The third-order valence-corrected chi connectivity index (χ3v) is 1.03. The molecule has 11 heavy (non-hydrogen) atoms. The van der Waals surface area contributed by atoms with E-state index in [9.17, 15) is 4.79 Å². The van der Waals surface area contributed by atoms with Crippen LogP contribution in [0.3, 0.4) is 0 Å². The summed E-state index contributed by atoms with van der Waals surface area (Å²) >= 11 is 0. The Balaban J connectivity index is 3.82. The van der Waals surface area contributed by atoms with Crippen LogP contribution in [-0.4, -0.2) is 30.3 Å². The summed E-state index contributed by atoms with van der Waals surface area (Å²) in [5, 5.41) is 16.5. The van der Waals surface area contributed by atoms with Crippen molar-refractivity contribution < 1.29 is 4.79 Å². The lowest BCUT2D eigenvalue weighted by molar-refractivity contribution is -0.117. The lowest BCUT2D eigenvalue weighted by atomic mass is 10.4. The van der Waals surface area contributed by atoms with Gasteiger partial charge in [-0.2, -0.15) is 10.5 Å². The Bertz CT molecular complexity index is 195. The molecule has 0 amide bonds. The average molecular weight is 151 g/mol. The standard InChI is InChI=1S/C7H9N3O/c1-7(11)6-10(4-2-8)5-3-9/h4-6H2,1H3. The molecular weight excluding hydrogens is 142 g/mol. The molecule has 0 saturated carbocycles. The first kappa shape index (κ1) is 9.61. The Hall–Kier alpha value is -1.39. The van der Waals surface area contributed by atoms with Gasteiger partial charge in [-0.05, 0) is 6.92 Å². The van der Waals surface area contributed by atoms with Gasteiger partial charge in [0.1, 0.15) is 5.78 Å². The number of carbonyl (C=O) groups is 1. The van der Waals surface area contributed by atoms with E-state index in [-0.39, 0.29) is 25.4 Å². The first-order chi connectivity index (χ1) is 5.20. The van der Waals surface area contributed by atoms with Gasteiger partial charge in [0.2, 0.25) is 0 Å². The molecule has 0 aliphatic carbocycles. The molecule has 0 aromatic rings. The highest BCUT2D eigenvalue weighted by Crippen LogP contribution is 1.85. The summed E-state index contributed by atoms with van der Waals surface area (Å²) in [6, 6.07) is 3.76. The van der Waals surface area contributed by atoms with Crippen molar-refractivity contribution in [3.05, 3.63) is 0 Å². The van der Waals surface area contributed by atoms with E-state index >= 15 is 0 Å². The molecule has 4 heteroatoms. The predicted octanol–water partition coefficient (Wildman–Crippen LogP) is -0.0754. The second kappa shape index (κ2) is 5.40. The molecule has 0 bridgehead atoms. The Morgan fingerprint density at radius 3 is 2.09 bits per heavy atom. The highest BCUT2D eigenvalue weighted by Gasteiger charge is 2.04. The summed E-state index contributed by atoms with van der Waals surface area (Å²) in [6.07, 6.45) is 0. The van der Waals surface area contributed by atoms with Gasteiger partial charge in [0.25, 0.3) is 0 Å². The van der Waals surface area contributed by atoms with Crippen LogP contribution in [0.1, 0.15) is 6.92 Å². The number of hydrogen-bond acceptors (Lipinski definition) is 4. The number of carbonyl (C=O) groups excluding carboxylic acids is 1. The molecule has 0 rings (SSSR count). The first-order valence-electron chi connectivity index (χ1n) is 3.16. The van der Waals surface area contributed by atoms with Crippen LogP contribution in [0, 0.1) is 22.7 Å². The number of nitriles is 2. The second-order valence-corrected chi connectivity index (χ2v) is 2.16. The molecule has 0 heterocycles. The fraction of sp³-hybridized carbons (Fsp3) is 0.571. The van der Waals surface area contributed by atoms with E-state index in [1.807, 2.05) is 12.1 Å². The topological polar surface area (TPSA) is 67.9 Å². The van der Waals surface area contributed by atoms with E-state index in [0.29, 0.717) is 0 Å². The molecule has 0 atom stereocenters. The summed E-state index contributed by atoms with van der Waals surface area (Å²) in [5.74, 6) is -0.0319. The van der Waals surface area contributed by atoms with Crippen molar-refractivity contribution in [1.29, 1.82) is 10.5 Å². The molecule has 0 aromatic carbocycles. The molecule has 0 N–H and O–H groups in total. The van der Waals surface area contributed by atoms with Crippen molar-refractivity contribution in [2.45, 2.75) is 6.92 Å². The minimum absolute atomic E-state index is 0.0319. The largest absolute Gasteiger partial charge is 0.299 e. The van der Waals surface area contributed by atoms with Crippen molar-refractivity contribution in [2.24, 2.45) is 0 Å². The molecule has 0 fully saturated rings. The van der Waals surface area contributed by atoms with E-state index in [1.165, 1.54) is 11.8 Å². The van der Waals surface area contributed by atoms with Crippen LogP contribution < -0.4 is 0 Å². The maximum atomic E-state index is 10.5. The predicted molar refractivity (Wildman–Crippen MR) is 38.3 cm³/mol. The summed E-state index contributed by atoms with van der Waals surface area (Å²) in [7, 11) is 0. The van der Waals surface area contributed by atoms with Gasteiger partial charge >= 0.3 is 0 Å². The number of nitrogens with zero attached hydrogens (tertiary/aromatic N) is 3. The van der Waals surface area contributed by atoms with Crippen molar-refractivity contribution in [3.8, 4) is 12.1 Å². The molecule has 58 valence electrons. The van der Waals surface area contributed by atoms with Crippen LogP contribution in [0.4, 0.5) is 0 Å². The zero-order chi connectivity index (χ0) is 8.69. The van der Waals surface area contributed by atoms with Gasteiger partial charge in [-0.25, -0.2) is 0 Å². The lowest BCUT2D eigenvalue weighted by Gasteiger charge is -2.11. The number of ketones is 1. The molecule has 0 radical (unpaired) electrons. The summed E-state index contributed by atoms with van der Waals surface area (Å²) in [6.45, 7) is 1.88. The van der Waals surface area contributed by atoms with Gasteiger partial charge in [-0.15, -0.1) is 0 Å². The molecule has 0 unspecified atom stereocenters. The molecule has 0 aliphatic heterocycles. The molecule has 4 nitrogen and oxygen atoms in total. The zero-order valence-corrected chi connectivity index (χ0v) is 6.37. The van der Waals surface area contributed by atoms with E-state index < -0.39 is 0 Å². The Morgan fingerprint density at radius 1 is 1.36 bits per heavy atom. The quantitative estimate of drug-likeness (QED) is 0.527. The summed E-state index contributed by atoms with van der Waals surface area (Å²) in [4.78, 5) is 12.0. The van der Waals surface area contributed by atoms with Crippen LogP contribution in [0.5, 0.6) is 0 Å². The average Bonchev–Trinajstić information content (AvgIpc) is 1.87. The van der Waals surface area contributed by atoms with E-state index in [2.05, 4.69) is 0 Å². The number of hydrogen-bond donors (Lipinski definition) is 0. The molecular formula is C7H9N3O. The van der Waals surface area contributed by atoms with E-state index in [1.54, 1.807) is 0 Å². The summed E-state index contributed by atoms with van der Waals surface area (Å²) in [5.41, 5.74) is 0. The van der Waals surface area contributed by atoms with Gasteiger partial charge in [-0.1, -0.05) is 0 Å². The smallest absolute Gasteiger partial charge is 0.143 e. The van der Waals surface area contributed by atoms with Crippen LogP contribution in [0.25, 0.3) is 0 Å². The van der Waals surface area contributed by atoms with Gasteiger partial charge in [0.15, 0.2) is 0 Å².